The van der Waals surface area contributed by atoms with Crippen molar-refractivity contribution >= 4 is 11.9 Å². The van der Waals surface area contributed by atoms with Crippen LogP contribution in [0.1, 0.15) is 20.3 Å². The van der Waals surface area contributed by atoms with Crippen LogP contribution in [0.5, 0.6) is 0 Å². The minimum absolute atomic E-state index is 0. The van der Waals surface area contributed by atoms with Crippen molar-refractivity contribution < 1.29 is 78.9 Å². The second-order valence-corrected chi connectivity index (χ2v) is 2.26. The van der Waals surface area contributed by atoms with Crippen LogP contribution in [0.15, 0.2) is 0 Å². The molecule has 0 rings (SSSR count). The number of carbonyl (C=O) groups is 2. The van der Waals surface area contributed by atoms with Crippen molar-refractivity contribution in [3.8, 4) is 0 Å². The van der Waals surface area contributed by atoms with E-state index in [1.165, 1.54) is 6.92 Å². The number of carbonyl (C=O) groups excluding carboxylic acids is 2. The number of carboxylic acids is 2. The van der Waals surface area contributed by atoms with Crippen molar-refractivity contribution in [1.29, 1.82) is 0 Å². The minimum atomic E-state index is -1.85. The summed E-state index contributed by atoms with van der Waals surface area (Å²) < 4.78 is 0. The summed E-state index contributed by atoms with van der Waals surface area (Å²) in [5, 5.41) is 20.3. The predicted octanol–water partition coefficient (Wildman–Crippen LogP) is -8.09. The molecule has 0 aliphatic rings. The van der Waals surface area contributed by atoms with Gasteiger partial charge >= 0.3 is 59.1 Å². The zero-order chi connectivity index (χ0) is 8.36. The number of aliphatic carboxylic acids is 2. The van der Waals surface area contributed by atoms with Gasteiger partial charge in [-0.2, -0.15) is 0 Å². The first-order valence-corrected chi connectivity index (χ1v) is 2.88. The van der Waals surface area contributed by atoms with E-state index >= 15 is 0 Å². The van der Waals surface area contributed by atoms with Crippen LogP contribution in [0.4, 0.5) is 0 Å². The molecular formula is C6H8Na2O4. The summed E-state index contributed by atoms with van der Waals surface area (Å²) in [6.45, 7) is 2.52. The van der Waals surface area contributed by atoms with E-state index < -0.39 is 17.4 Å². The third-order valence-electron chi connectivity index (χ3n) is 1.61. The van der Waals surface area contributed by atoms with E-state index in [2.05, 4.69) is 0 Å². The van der Waals surface area contributed by atoms with Crippen LogP contribution in [0.3, 0.4) is 0 Å². The molecule has 6 heteroatoms. The molecule has 0 spiro atoms. The Balaban J connectivity index is -0.000000405. The molecule has 4 nitrogen and oxygen atoms in total. The van der Waals surface area contributed by atoms with Crippen LogP contribution in [-0.2, 0) is 9.59 Å². The molecule has 58 valence electrons. The van der Waals surface area contributed by atoms with Crippen molar-refractivity contribution in [1.82, 2.24) is 0 Å². The number of hydrogen-bond donors (Lipinski definition) is 0. The maximum atomic E-state index is 10.2. The molecule has 0 aromatic carbocycles. The van der Waals surface area contributed by atoms with Gasteiger partial charge in [0.25, 0.3) is 0 Å². The van der Waals surface area contributed by atoms with Gasteiger partial charge in [0.15, 0.2) is 0 Å². The molecule has 0 saturated heterocycles. The quantitative estimate of drug-likeness (QED) is 0.327. The number of rotatable bonds is 3. The van der Waals surface area contributed by atoms with Gasteiger partial charge in [-0.15, -0.1) is 0 Å². The molecule has 0 N–H and O–H groups in total. The summed E-state index contributed by atoms with van der Waals surface area (Å²) in [6.07, 6.45) is -0.0301. The molecule has 0 heterocycles. The van der Waals surface area contributed by atoms with E-state index in [0.29, 0.717) is 0 Å². The standard InChI is InChI=1S/C6H10O4.2Na/c1-3-6(2,4(7)8)5(9)10;;/h3H2,1-2H3,(H,7,8)(H,9,10);;/q;2*+1/p-2. The van der Waals surface area contributed by atoms with Gasteiger partial charge in [-0.05, 0) is 13.3 Å². The van der Waals surface area contributed by atoms with Crippen LogP contribution in [0.25, 0.3) is 0 Å². The molecule has 0 saturated carbocycles. The maximum Gasteiger partial charge on any atom is 1.00 e. The molecule has 0 bridgehead atoms. The molecule has 0 aliphatic heterocycles. The molecule has 0 aliphatic carbocycles. The molecule has 0 radical (unpaired) electrons. The number of hydrogen-bond acceptors (Lipinski definition) is 4. The summed E-state index contributed by atoms with van der Waals surface area (Å²) in [5.41, 5.74) is -1.85. The van der Waals surface area contributed by atoms with Gasteiger partial charge < -0.3 is 19.8 Å². The average molecular weight is 190 g/mol. The maximum absolute atomic E-state index is 10.2. The summed E-state index contributed by atoms with van der Waals surface area (Å²) in [5.74, 6) is -3.20. The Morgan fingerprint density at radius 1 is 1.17 bits per heavy atom. The fraction of sp³-hybridized carbons (Fsp3) is 0.667. The van der Waals surface area contributed by atoms with Crippen molar-refractivity contribution in [2.24, 2.45) is 5.41 Å². The van der Waals surface area contributed by atoms with Crippen LogP contribution in [0, 0.1) is 5.41 Å². The zero-order valence-corrected chi connectivity index (χ0v) is 11.8. The summed E-state index contributed by atoms with van der Waals surface area (Å²) in [6, 6.07) is 0. The summed E-state index contributed by atoms with van der Waals surface area (Å²) >= 11 is 0. The van der Waals surface area contributed by atoms with E-state index in [0.717, 1.165) is 6.92 Å². The van der Waals surface area contributed by atoms with Crippen molar-refractivity contribution in [3.05, 3.63) is 0 Å². The SMILES string of the molecule is CCC(C)(C(=O)[O-])C(=O)[O-].[Na+].[Na+]. The van der Waals surface area contributed by atoms with Gasteiger partial charge in [0.1, 0.15) is 0 Å². The molecule has 12 heavy (non-hydrogen) atoms. The molecule has 0 unspecified atom stereocenters. The minimum Gasteiger partial charge on any atom is -0.549 e. The Kier molecular flexibility index (Phi) is 11.4. The van der Waals surface area contributed by atoms with E-state index in [4.69, 9.17) is 0 Å². The molecule has 0 aromatic heterocycles. The topological polar surface area (TPSA) is 80.3 Å². The van der Waals surface area contributed by atoms with Crippen molar-refractivity contribution in [2.75, 3.05) is 0 Å². The molecule has 0 aromatic rings. The molecule has 0 amide bonds. The van der Waals surface area contributed by atoms with Gasteiger partial charge in [-0.1, -0.05) is 6.92 Å². The van der Waals surface area contributed by atoms with E-state index in [-0.39, 0.29) is 65.5 Å². The fourth-order valence-electron chi connectivity index (χ4n) is 0.372. The molecule has 0 fully saturated rings. The van der Waals surface area contributed by atoms with Crippen LogP contribution in [-0.4, -0.2) is 11.9 Å². The monoisotopic (exact) mass is 190 g/mol. The molecular weight excluding hydrogens is 182 g/mol. The van der Waals surface area contributed by atoms with Crippen molar-refractivity contribution in [3.63, 3.8) is 0 Å². The van der Waals surface area contributed by atoms with Crippen LogP contribution >= 0.6 is 0 Å². The normalized spacial score (nSPS) is 9.17. The van der Waals surface area contributed by atoms with E-state index in [1.807, 2.05) is 0 Å². The first-order valence-electron chi connectivity index (χ1n) is 2.88. The van der Waals surface area contributed by atoms with E-state index in [9.17, 15) is 19.8 Å². The summed E-state index contributed by atoms with van der Waals surface area (Å²) in [4.78, 5) is 20.3. The van der Waals surface area contributed by atoms with Gasteiger partial charge in [0.05, 0.1) is 11.9 Å². The van der Waals surface area contributed by atoms with Gasteiger partial charge in [0.2, 0.25) is 0 Å². The van der Waals surface area contributed by atoms with Crippen molar-refractivity contribution in [2.45, 2.75) is 20.3 Å². The average Bonchev–Trinajstić information content (AvgIpc) is 1.85. The summed E-state index contributed by atoms with van der Waals surface area (Å²) in [7, 11) is 0. The Morgan fingerprint density at radius 2 is 1.42 bits per heavy atom. The first-order chi connectivity index (χ1) is 4.45. The Hall–Kier alpha value is 0.940. The first kappa shape index (κ1) is 18.7. The largest absolute Gasteiger partial charge is 1.00 e. The third-order valence-corrected chi connectivity index (χ3v) is 1.61. The third kappa shape index (κ3) is 4.25. The van der Waals surface area contributed by atoms with Crippen LogP contribution in [0.2, 0.25) is 0 Å². The fourth-order valence-corrected chi connectivity index (χ4v) is 0.372. The second-order valence-electron chi connectivity index (χ2n) is 2.26. The van der Waals surface area contributed by atoms with Gasteiger partial charge in [-0.25, -0.2) is 0 Å². The number of carboxylic acid groups (broad SMARTS) is 2. The Bertz CT molecular complexity index is 155. The van der Waals surface area contributed by atoms with Crippen LogP contribution < -0.4 is 69.3 Å². The van der Waals surface area contributed by atoms with E-state index in [1.54, 1.807) is 0 Å². The molecule has 0 atom stereocenters. The predicted molar refractivity (Wildman–Crippen MR) is 28.4 cm³/mol. The van der Waals surface area contributed by atoms with Gasteiger partial charge in [-0.3, -0.25) is 0 Å². The Labute approximate surface area is 115 Å². The van der Waals surface area contributed by atoms with Gasteiger partial charge in [0, 0.05) is 5.41 Å². The second kappa shape index (κ2) is 7.35. The Morgan fingerprint density at radius 3 is 1.42 bits per heavy atom. The smallest absolute Gasteiger partial charge is 0.549 e. The zero-order valence-electron chi connectivity index (χ0n) is 7.84.